The average Bonchev–Trinajstić information content (AvgIpc) is 3.33. The highest BCUT2D eigenvalue weighted by Gasteiger charge is 2.52. The number of aromatic nitrogens is 1. The van der Waals surface area contributed by atoms with Crippen LogP contribution in [0.15, 0.2) is 12.1 Å². The van der Waals surface area contributed by atoms with Crippen molar-refractivity contribution in [1.29, 1.82) is 0 Å². The number of piperidine rings is 1. The molecule has 1 aromatic rings. The van der Waals surface area contributed by atoms with Gasteiger partial charge in [-0.25, -0.2) is 4.79 Å². The van der Waals surface area contributed by atoms with Crippen molar-refractivity contribution in [1.82, 2.24) is 9.88 Å². The number of amides is 1. The molecule has 3 heterocycles. The normalized spacial score (nSPS) is 25.5. The summed E-state index contributed by atoms with van der Waals surface area (Å²) in [6, 6.07) is 4.36. The van der Waals surface area contributed by atoms with Crippen LogP contribution in [0.3, 0.4) is 0 Å². The van der Waals surface area contributed by atoms with Gasteiger partial charge in [0.2, 0.25) is 0 Å². The largest absolute Gasteiger partial charge is 0.494 e. The summed E-state index contributed by atoms with van der Waals surface area (Å²) < 4.78 is 18.4. The fraction of sp³-hybridized carbons (Fsp3) is 0.769. The van der Waals surface area contributed by atoms with Gasteiger partial charge < -0.3 is 18.9 Å². The van der Waals surface area contributed by atoms with Crippen LogP contribution in [0.5, 0.6) is 0 Å². The van der Waals surface area contributed by atoms with Gasteiger partial charge in [-0.05, 0) is 91.7 Å². The minimum absolute atomic E-state index is 0.189. The summed E-state index contributed by atoms with van der Waals surface area (Å²) in [5.41, 5.74) is 2.01. The molecular formula is C26H41BN2O4. The Morgan fingerprint density at radius 3 is 2.12 bits per heavy atom. The van der Waals surface area contributed by atoms with Crippen LogP contribution in [0, 0.1) is 0 Å². The lowest BCUT2D eigenvalue weighted by Crippen LogP contribution is -2.43. The minimum Gasteiger partial charge on any atom is -0.444 e. The van der Waals surface area contributed by atoms with Gasteiger partial charge in [0.15, 0.2) is 0 Å². The van der Waals surface area contributed by atoms with Gasteiger partial charge in [-0.15, -0.1) is 0 Å². The van der Waals surface area contributed by atoms with E-state index in [1.165, 1.54) is 25.7 Å². The van der Waals surface area contributed by atoms with Gasteiger partial charge in [0.1, 0.15) is 5.60 Å². The zero-order valence-corrected chi connectivity index (χ0v) is 21.6. The summed E-state index contributed by atoms with van der Waals surface area (Å²) in [7, 11) is -0.401. The number of rotatable bonds is 3. The molecule has 0 spiro atoms. The summed E-state index contributed by atoms with van der Waals surface area (Å²) in [6.45, 7) is 15.5. The Bertz CT molecular complexity index is 858. The Labute approximate surface area is 199 Å². The predicted molar refractivity (Wildman–Crippen MR) is 131 cm³/mol. The zero-order chi connectivity index (χ0) is 24.0. The molecule has 3 fully saturated rings. The van der Waals surface area contributed by atoms with Gasteiger partial charge >= 0.3 is 13.2 Å². The first-order valence-electron chi connectivity index (χ1n) is 12.7. The van der Waals surface area contributed by atoms with E-state index in [9.17, 15) is 4.79 Å². The van der Waals surface area contributed by atoms with Crippen molar-refractivity contribution in [3.63, 3.8) is 0 Å². The van der Waals surface area contributed by atoms with Crippen LogP contribution in [-0.2, 0) is 14.0 Å². The lowest BCUT2D eigenvalue weighted by Gasteiger charge is -2.34. The highest BCUT2D eigenvalue weighted by molar-refractivity contribution is 6.62. The van der Waals surface area contributed by atoms with E-state index in [0.717, 1.165) is 36.2 Å². The summed E-state index contributed by atoms with van der Waals surface area (Å²) in [5, 5.41) is 0. The lowest BCUT2D eigenvalue weighted by molar-refractivity contribution is 0.00578. The van der Waals surface area contributed by atoms with E-state index in [-0.39, 0.29) is 23.2 Å². The first kappa shape index (κ1) is 24.5. The molecule has 0 bridgehead atoms. The molecular weight excluding hydrogens is 415 g/mol. The number of hydrogen-bond donors (Lipinski definition) is 0. The standard InChI is InChI=1S/C26H41BN2O4/c1-24(2,3)31-23(30)29-14-10-13-19(17-29)22-16-20(15-21(28-22)18-11-8-9-12-18)27-32-25(4,5)26(6,7)33-27/h15-16,18-19H,8-14,17H2,1-7H3. The van der Waals surface area contributed by atoms with E-state index in [1.807, 2.05) is 25.7 Å². The molecule has 2 saturated heterocycles. The second-order valence-electron chi connectivity index (χ2n) is 12.1. The number of nitrogens with zero attached hydrogens (tertiary/aromatic N) is 2. The molecule has 1 atom stereocenters. The van der Waals surface area contributed by atoms with Crippen molar-refractivity contribution in [2.75, 3.05) is 13.1 Å². The number of hydrogen-bond acceptors (Lipinski definition) is 5. The average molecular weight is 456 g/mol. The van der Waals surface area contributed by atoms with Crippen molar-refractivity contribution in [2.24, 2.45) is 0 Å². The van der Waals surface area contributed by atoms with E-state index < -0.39 is 12.7 Å². The summed E-state index contributed by atoms with van der Waals surface area (Å²) in [4.78, 5) is 19.7. The van der Waals surface area contributed by atoms with Crippen molar-refractivity contribution >= 4 is 18.7 Å². The fourth-order valence-corrected chi connectivity index (χ4v) is 5.06. The van der Waals surface area contributed by atoms with Gasteiger partial charge in [-0.1, -0.05) is 12.8 Å². The number of carbonyl (C=O) groups is 1. The molecule has 1 unspecified atom stereocenters. The van der Waals surface area contributed by atoms with Crippen LogP contribution < -0.4 is 5.46 Å². The molecule has 3 aliphatic rings. The second-order valence-corrected chi connectivity index (χ2v) is 12.1. The summed E-state index contributed by atoms with van der Waals surface area (Å²) >= 11 is 0. The third-order valence-corrected chi connectivity index (χ3v) is 7.68. The van der Waals surface area contributed by atoms with Crippen molar-refractivity contribution < 1.29 is 18.8 Å². The molecule has 1 amide bonds. The molecule has 6 nitrogen and oxygen atoms in total. The monoisotopic (exact) mass is 456 g/mol. The first-order valence-corrected chi connectivity index (χ1v) is 12.7. The Balaban J connectivity index is 1.61. The lowest BCUT2D eigenvalue weighted by atomic mass is 9.77. The molecule has 4 rings (SSSR count). The minimum atomic E-state index is -0.491. The van der Waals surface area contributed by atoms with Crippen LogP contribution >= 0.6 is 0 Å². The van der Waals surface area contributed by atoms with Crippen molar-refractivity contribution in [3.05, 3.63) is 23.5 Å². The molecule has 1 saturated carbocycles. The maximum Gasteiger partial charge on any atom is 0.494 e. The fourth-order valence-electron chi connectivity index (χ4n) is 5.06. The van der Waals surface area contributed by atoms with E-state index in [0.29, 0.717) is 12.5 Å². The molecule has 182 valence electrons. The Morgan fingerprint density at radius 1 is 1.00 bits per heavy atom. The van der Waals surface area contributed by atoms with E-state index in [1.54, 1.807) is 0 Å². The summed E-state index contributed by atoms with van der Waals surface area (Å²) in [5.74, 6) is 0.686. The molecule has 7 heteroatoms. The third-order valence-electron chi connectivity index (χ3n) is 7.68. The van der Waals surface area contributed by atoms with Crippen LogP contribution in [0.1, 0.15) is 110 Å². The van der Waals surface area contributed by atoms with Crippen LogP contribution in [0.25, 0.3) is 0 Å². The third kappa shape index (κ3) is 5.40. The Morgan fingerprint density at radius 2 is 1.55 bits per heavy atom. The van der Waals surface area contributed by atoms with E-state index >= 15 is 0 Å². The smallest absolute Gasteiger partial charge is 0.444 e. The Kier molecular flexibility index (Phi) is 6.60. The van der Waals surface area contributed by atoms with Gasteiger partial charge in [-0.3, -0.25) is 4.98 Å². The maximum absolute atomic E-state index is 12.7. The molecule has 1 aliphatic carbocycles. The number of likely N-dealkylation sites (tertiary alicyclic amines) is 1. The molecule has 0 radical (unpaired) electrons. The number of ether oxygens (including phenoxy) is 1. The van der Waals surface area contributed by atoms with Gasteiger partial charge in [0.05, 0.1) is 11.2 Å². The quantitative estimate of drug-likeness (QED) is 0.589. The second kappa shape index (κ2) is 8.88. The topological polar surface area (TPSA) is 60.9 Å². The molecule has 33 heavy (non-hydrogen) atoms. The molecule has 2 aliphatic heterocycles. The van der Waals surface area contributed by atoms with Crippen molar-refractivity contribution in [3.8, 4) is 0 Å². The molecule has 1 aromatic heterocycles. The van der Waals surface area contributed by atoms with Gasteiger partial charge in [-0.2, -0.15) is 0 Å². The first-order chi connectivity index (χ1) is 15.3. The van der Waals surface area contributed by atoms with Gasteiger partial charge in [0.25, 0.3) is 0 Å². The highest BCUT2D eigenvalue weighted by Crippen LogP contribution is 2.38. The number of carbonyl (C=O) groups excluding carboxylic acids is 1. The highest BCUT2D eigenvalue weighted by atomic mass is 16.7. The van der Waals surface area contributed by atoms with Gasteiger partial charge in [0, 0.05) is 36.3 Å². The maximum atomic E-state index is 12.7. The SMILES string of the molecule is CC(C)(C)OC(=O)N1CCCC(c2cc(B3OC(C)(C)C(C)(C)O3)cc(C3CCCC3)n2)C1. The number of pyridine rings is 1. The Hall–Kier alpha value is -1.60. The van der Waals surface area contributed by atoms with E-state index in [2.05, 4.69) is 39.8 Å². The van der Waals surface area contributed by atoms with E-state index in [4.69, 9.17) is 19.0 Å². The van der Waals surface area contributed by atoms with Crippen LogP contribution in [0.4, 0.5) is 4.79 Å². The molecule has 0 N–H and O–H groups in total. The predicted octanol–water partition coefficient (Wildman–Crippen LogP) is 5.15. The molecule has 0 aromatic carbocycles. The zero-order valence-electron chi connectivity index (χ0n) is 21.6. The van der Waals surface area contributed by atoms with Crippen LogP contribution in [-0.4, -0.2) is 53.0 Å². The van der Waals surface area contributed by atoms with Crippen LogP contribution in [0.2, 0.25) is 0 Å². The summed E-state index contributed by atoms with van der Waals surface area (Å²) in [6.07, 6.45) is 6.64. The van der Waals surface area contributed by atoms with Crippen molar-refractivity contribution in [2.45, 2.75) is 116 Å².